The summed E-state index contributed by atoms with van der Waals surface area (Å²) in [5.74, 6) is 0.510. The van der Waals surface area contributed by atoms with Gasteiger partial charge in [0.25, 0.3) is 0 Å². The summed E-state index contributed by atoms with van der Waals surface area (Å²) < 4.78 is 0. The van der Waals surface area contributed by atoms with E-state index in [1.54, 1.807) is 0 Å². The van der Waals surface area contributed by atoms with E-state index < -0.39 is 5.60 Å². The third-order valence-electron chi connectivity index (χ3n) is 5.77. The molecular weight excluding hydrogens is 196 g/mol. The van der Waals surface area contributed by atoms with E-state index in [-0.39, 0.29) is 10.8 Å². The van der Waals surface area contributed by atoms with Crippen LogP contribution >= 0.6 is 0 Å². The monoisotopic (exact) mass is 222 g/mol. The number of aliphatic hydroxyl groups is 1. The molecule has 0 aromatic rings. The molecule has 0 aromatic carbocycles. The molecule has 0 amide bonds. The van der Waals surface area contributed by atoms with E-state index in [2.05, 4.69) is 39.8 Å². The lowest BCUT2D eigenvalue weighted by Crippen LogP contribution is -2.61. The molecule has 3 unspecified atom stereocenters. The molecular formula is C15H26O. The Hall–Kier alpha value is -0.300. The van der Waals surface area contributed by atoms with Gasteiger partial charge in [0.15, 0.2) is 0 Å². The SMILES string of the molecule is CC1C=CCCC12CCCC(C)(C)C2(C)O. The van der Waals surface area contributed by atoms with Crippen molar-refractivity contribution in [1.29, 1.82) is 0 Å². The van der Waals surface area contributed by atoms with Gasteiger partial charge in [-0.3, -0.25) is 0 Å². The van der Waals surface area contributed by atoms with Gasteiger partial charge in [0.05, 0.1) is 5.60 Å². The van der Waals surface area contributed by atoms with Crippen LogP contribution in [0.2, 0.25) is 0 Å². The van der Waals surface area contributed by atoms with Crippen molar-refractivity contribution in [1.82, 2.24) is 0 Å². The lowest BCUT2D eigenvalue weighted by molar-refractivity contribution is -0.196. The van der Waals surface area contributed by atoms with Gasteiger partial charge in [0, 0.05) is 5.41 Å². The summed E-state index contributed by atoms with van der Waals surface area (Å²) in [6, 6.07) is 0. The fourth-order valence-electron chi connectivity index (χ4n) is 4.10. The molecule has 2 rings (SSSR count). The van der Waals surface area contributed by atoms with Crippen LogP contribution in [-0.2, 0) is 0 Å². The normalized spacial score (nSPS) is 47.2. The Morgan fingerprint density at radius 2 is 1.81 bits per heavy atom. The molecule has 16 heavy (non-hydrogen) atoms. The average Bonchev–Trinajstić information content (AvgIpc) is 2.18. The van der Waals surface area contributed by atoms with Crippen LogP contribution in [-0.4, -0.2) is 10.7 Å². The fourth-order valence-corrected chi connectivity index (χ4v) is 4.10. The van der Waals surface area contributed by atoms with Gasteiger partial charge in [0.2, 0.25) is 0 Å². The fraction of sp³-hybridized carbons (Fsp3) is 0.867. The van der Waals surface area contributed by atoms with Crippen LogP contribution in [0.25, 0.3) is 0 Å². The first-order valence-corrected chi connectivity index (χ1v) is 6.73. The first-order valence-electron chi connectivity index (χ1n) is 6.73. The van der Waals surface area contributed by atoms with Crippen LogP contribution in [0, 0.1) is 16.7 Å². The van der Waals surface area contributed by atoms with Crippen LogP contribution in [0.1, 0.15) is 59.8 Å². The second-order valence-electron chi connectivity index (χ2n) is 6.72. The second-order valence-corrected chi connectivity index (χ2v) is 6.72. The Labute approximate surface area is 99.9 Å². The summed E-state index contributed by atoms with van der Waals surface area (Å²) in [7, 11) is 0. The van der Waals surface area contributed by atoms with Gasteiger partial charge < -0.3 is 5.11 Å². The maximum atomic E-state index is 11.1. The second kappa shape index (κ2) is 3.60. The summed E-state index contributed by atoms with van der Waals surface area (Å²) in [6.45, 7) is 8.84. The summed E-state index contributed by atoms with van der Waals surface area (Å²) in [5.41, 5.74) is -0.378. The van der Waals surface area contributed by atoms with E-state index in [1.165, 1.54) is 12.8 Å². The Morgan fingerprint density at radius 3 is 2.44 bits per heavy atom. The summed E-state index contributed by atoms with van der Waals surface area (Å²) in [4.78, 5) is 0. The van der Waals surface area contributed by atoms with Crippen molar-refractivity contribution in [3.05, 3.63) is 12.2 Å². The predicted octanol–water partition coefficient (Wildman–Crippen LogP) is 3.92. The highest BCUT2D eigenvalue weighted by molar-refractivity contribution is 5.15. The highest BCUT2D eigenvalue weighted by Gasteiger charge is 2.58. The van der Waals surface area contributed by atoms with Crippen LogP contribution in [0.3, 0.4) is 0 Å². The Bertz CT molecular complexity index is 301. The smallest absolute Gasteiger partial charge is 0.0731 e. The van der Waals surface area contributed by atoms with Gasteiger partial charge in [-0.15, -0.1) is 0 Å². The van der Waals surface area contributed by atoms with Crippen molar-refractivity contribution in [3.63, 3.8) is 0 Å². The van der Waals surface area contributed by atoms with Gasteiger partial charge in [-0.05, 0) is 43.9 Å². The quantitative estimate of drug-likeness (QED) is 0.616. The van der Waals surface area contributed by atoms with E-state index in [4.69, 9.17) is 0 Å². The van der Waals surface area contributed by atoms with Crippen molar-refractivity contribution in [2.24, 2.45) is 16.7 Å². The molecule has 0 aromatic heterocycles. The van der Waals surface area contributed by atoms with E-state index in [9.17, 15) is 5.11 Å². The summed E-state index contributed by atoms with van der Waals surface area (Å²) >= 11 is 0. The van der Waals surface area contributed by atoms with Crippen molar-refractivity contribution in [2.45, 2.75) is 65.4 Å². The standard InChI is InChI=1S/C15H26O/c1-12-8-5-6-10-15(12)11-7-9-13(2,3)14(15,4)16/h5,8,12,16H,6-7,9-11H2,1-4H3. The largest absolute Gasteiger partial charge is 0.389 e. The maximum absolute atomic E-state index is 11.1. The van der Waals surface area contributed by atoms with Gasteiger partial charge >= 0.3 is 0 Å². The number of allylic oxidation sites excluding steroid dienone is 2. The zero-order valence-electron chi connectivity index (χ0n) is 11.2. The Kier molecular flexibility index (Phi) is 2.73. The van der Waals surface area contributed by atoms with Gasteiger partial charge in [0.1, 0.15) is 0 Å². The van der Waals surface area contributed by atoms with Gasteiger partial charge in [-0.2, -0.15) is 0 Å². The van der Waals surface area contributed by atoms with E-state index in [0.29, 0.717) is 5.92 Å². The minimum absolute atomic E-state index is 0.0463. The van der Waals surface area contributed by atoms with Crippen molar-refractivity contribution in [2.75, 3.05) is 0 Å². The first kappa shape index (κ1) is 12.2. The van der Waals surface area contributed by atoms with Gasteiger partial charge in [-0.25, -0.2) is 0 Å². The average molecular weight is 222 g/mol. The Morgan fingerprint density at radius 1 is 1.12 bits per heavy atom. The zero-order chi connectivity index (χ0) is 12.0. The molecule has 0 heterocycles. The zero-order valence-corrected chi connectivity index (χ0v) is 11.2. The molecule has 1 heteroatoms. The molecule has 2 aliphatic carbocycles. The molecule has 1 fully saturated rings. The predicted molar refractivity (Wildman–Crippen MR) is 68.2 cm³/mol. The van der Waals surface area contributed by atoms with Crippen LogP contribution in [0.15, 0.2) is 12.2 Å². The highest BCUT2D eigenvalue weighted by Crippen LogP contribution is 2.60. The van der Waals surface area contributed by atoms with Crippen LogP contribution in [0.5, 0.6) is 0 Å². The topological polar surface area (TPSA) is 20.2 Å². The molecule has 0 aliphatic heterocycles. The van der Waals surface area contributed by atoms with Crippen LogP contribution < -0.4 is 0 Å². The lowest BCUT2D eigenvalue weighted by atomic mass is 9.47. The van der Waals surface area contributed by atoms with E-state index in [1.807, 2.05) is 0 Å². The molecule has 1 N–H and O–H groups in total. The van der Waals surface area contributed by atoms with E-state index in [0.717, 1.165) is 19.3 Å². The Balaban J connectivity index is 2.43. The first-order chi connectivity index (χ1) is 7.33. The highest BCUT2D eigenvalue weighted by atomic mass is 16.3. The third kappa shape index (κ3) is 1.40. The molecule has 92 valence electrons. The van der Waals surface area contributed by atoms with E-state index >= 15 is 0 Å². The number of hydrogen-bond donors (Lipinski definition) is 1. The molecule has 1 saturated carbocycles. The molecule has 1 spiro atoms. The third-order valence-corrected chi connectivity index (χ3v) is 5.77. The minimum Gasteiger partial charge on any atom is -0.389 e. The summed E-state index contributed by atoms with van der Waals surface area (Å²) in [5, 5.41) is 11.1. The number of hydrogen-bond acceptors (Lipinski definition) is 1. The molecule has 3 atom stereocenters. The minimum atomic E-state index is -0.539. The van der Waals surface area contributed by atoms with Crippen molar-refractivity contribution >= 4 is 0 Å². The maximum Gasteiger partial charge on any atom is 0.0731 e. The molecule has 0 bridgehead atoms. The van der Waals surface area contributed by atoms with Crippen molar-refractivity contribution in [3.8, 4) is 0 Å². The molecule has 0 saturated heterocycles. The summed E-state index contributed by atoms with van der Waals surface area (Å²) in [6.07, 6.45) is 10.5. The lowest BCUT2D eigenvalue weighted by Gasteiger charge is -2.60. The van der Waals surface area contributed by atoms with Gasteiger partial charge in [-0.1, -0.05) is 39.3 Å². The van der Waals surface area contributed by atoms with Crippen molar-refractivity contribution < 1.29 is 5.11 Å². The molecule has 2 aliphatic rings. The van der Waals surface area contributed by atoms with Crippen LogP contribution in [0.4, 0.5) is 0 Å². The molecule has 1 nitrogen and oxygen atoms in total. The molecule has 0 radical (unpaired) electrons. The number of rotatable bonds is 0.